The van der Waals surface area contributed by atoms with E-state index in [0.717, 1.165) is 11.3 Å². The molecule has 4 rings (SSSR count). The summed E-state index contributed by atoms with van der Waals surface area (Å²) in [6, 6.07) is 18.6. The van der Waals surface area contributed by atoms with Gasteiger partial charge in [0.2, 0.25) is 0 Å². The number of aromatic carboxylic acids is 1. The Morgan fingerprint density at radius 2 is 1.53 bits per heavy atom. The summed E-state index contributed by atoms with van der Waals surface area (Å²) in [5.41, 5.74) is 3.53. The number of aryl methyl sites for hydroxylation is 1. The molecule has 0 spiro atoms. The first-order chi connectivity index (χ1) is 15.4. The third kappa shape index (κ3) is 4.56. The maximum absolute atomic E-state index is 13.2. The van der Waals surface area contributed by atoms with Crippen LogP contribution in [0.1, 0.15) is 26.3 Å². The second-order valence-electron chi connectivity index (χ2n) is 7.76. The third-order valence-electron chi connectivity index (χ3n) is 5.69. The van der Waals surface area contributed by atoms with Crippen LogP contribution in [-0.4, -0.2) is 43.2 Å². The fourth-order valence-electron chi connectivity index (χ4n) is 3.94. The third-order valence-corrected chi connectivity index (χ3v) is 5.69. The molecular weight excluding hydrogens is 409 g/mol. The van der Waals surface area contributed by atoms with E-state index in [4.69, 9.17) is 0 Å². The predicted octanol–water partition coefficient (Wildman–Crippen LogP) is 4.41. The van der Waals surface area contributed by atoms with Crippen molar-refractivity contribution in [3.63, 3.8) is 0 Å². The van der Waals surface area contributed by atoms with Gasteiger partial charge >= 0.3 is 5.97 Å². The van der Waals surface area contributed by atoms with E-state index < -0.39 is 5.97 Å². The molecule has 3 aromatic rings. The smallest absolute Gasteiger partial charge is 0.337 e. The molecule has 0 saturated carbocycles. The molecule has 0 aromatic heterocycles. The number of carbonyl (C=O) groups is 2. The summed E-state index contributed by atoms with van der Waals surface area (Å²) in [6.07, 6.45) is 0. The Morgan fingerprint density at radius 1 is 0.875 bits per heavy atom. The van der Waals surface area contributed by atoms with E-state index in [2.05, 4.69) is 10.2 Å². The molecule has 0 radical (unpaired) electrons. The van der Waals surface area contributed by atoms with Crippen molar-refractivity contribution in [2.75, 3.05) is 41.3 Å². The number of halogens is 1. The molecular formula is C25H24FN3O3. The van der Waals surface area contributed by atoms with E-state index in [0.29, 0.717) is 43.1 Å². The van der Waals surface area contributed by atoms with Gasteiger partial charge in [-0.05, 0) is 61.0 Å². The van der Waals surface area contributed by atoms with Crippen LogP contribution in [0.15, 0.2) is 66.7 Å². The molecule has 0 aliphatic carbocycles. The number of piperazine rings is 1. The normalized spacial score (nSPS) is 13.7. The lowest BCUT2D eigenvalue weighted by molar-refractivity contribution is 0.0697. The Bertz CT molecular complexity index is 1140. The first-order valence-corrected chi connectivity index (χ1v) is 10.4. The average Bonchev–Trinajstić information content (AvgIpc) is 2.80. The van der Waals surface area contributed by atoms with Crippen LogP contribution < -0.4 is 15.1 Å². The van der Waals surface area contributed by atoms with Crippen molar-refractivity contribution in [3.8, 4) is 0 Å². The van der Waals surface area contributed by atoms with Crippen molar-refractivity contribution >= 4 is 28.9 Å². The second-order valence-corrected chi connectivity index (χ2v) is 7.76. The Hall–Kier alpha value is -3.87. The minimum absolute atomic E-state index is 0.141. The molecule has 7 heteroatoms. The first kappa shape index (κ1) is 21.4. The van der Waals surface area contributed by atoms with Gasteiger partial charge in [-0.1, -0.05) is 18.2 Å². The van der Waals surface area contributed by atoms with Crippen molar-refractivity contribution in [3.05, 3.63) is 89.2 Å². The number of anilines is 3. The van der Waals surface area contributed by atoms with Crippen molar-refractivity contribution in [1.29, 1.82) is 0 Å². The van der Waals surface area contributed by atoms with Crippen LogP contribution in [0.5, 0.6) is 0 Å². The number of amides is 1. The largest absolute Gasteiger partial charge is 0.478 e. The van der Waals surface area contributed by atoms with Gasteiger partial charge in [0.1, 0.15) is 5.82 Å². The lowest BCUT2D eigenvalue weighted by Crippen LogP contribution is -2.47. The summed E-state index contributed by atoms with van der Waals surface area (Å²) >= 11 is 0. The minimum atomic E-state index is -1.05. The number of carboxylic acid groups (broad SMARTS) is 1. The second kappa shape index (κ2) is 9.09. The van der Waals surface area contributed by atoms with Crippen LogP contribution in [0.2, 0.25) is 0 Å². The van der Waals surface area contributed by atoms with Crippen molar-refractivity contribution in [2.24, 2.45) is 0 Å². The minimum Gasteiger partial charge on any atom is -0.478 e. The number of carboxylic acids is 1. The standard InChI is InChI=1S/C25H24FN3O3/c1-17-4-2-3-5-21(17)24(30)27-19-8-11-23(22(16-19)25(31)32)29-14-12-28(13-15-29)20-9-6-18(26)7-10-20/h2-11,16H,12-15H2,1H3,(H,27,30)(H,31,32). The summed E-state index contributed by atoms with van der Waals surface area (Å²) in [4.78, 5) is 28.7. The van der Waals surface area contributed by atoms with Crippen LogP contribution in [0.3, 0.4) is 0 Å². The van der Waals surface area contributed by atoms with Crippen molar-refractivity contribution in [2.45, 2.75) is 6.92 Å². The highest BCUT2D eigenvalue weighted by Gasteiger charge is 2.22. The molecule has 1 aliphatic rings. The molecule has 6 nitrogen and oxygen atoms in total. The Balaban J connectivity index is 1.49. The van der Waals surface area contributed by atoms with Crippen molar-refractivity contribution in [1.82, 2.24) is 0 Å². The van der Waals surface area contributed by atoms with E-state index in [1.807, 2.05) is 24.0 Å². The van der Waals surface area contributed by atoms with Crippen molar-refractivity contribution < 1.29 is 19.1 Å². The zero-order chi connectivity index (χ0) is 22.7. The summed E-state index contributed by atoms with van der Waals surface area (Å²) in [5.74, 6) is -1.60. The molecule has 3 aromatic carbocycles. The van der Waals surface area contributed by atoms with E-state index in [9.17, 15) is 19.1 Å². The average molecular weight is 433 g/mol. The van der Waals surface area contributed by atoms with Crippen LogP contribution in [-0.2, 0) is 0 Å². The summed E-state index contributed by atoms with van der Waals surface area (Å²) in [7, 11) is 0. The van der Waals surface area contributed by atoms with Gasteiger partial charge in [-0.25, -0.2) is 9.18 Å². The van der Waals surface area contributed by atoms with Crippen LogP contribution in [0.25, 0.3) is 0 Å². The summed E-state index contributed by atoms with van der Waals surface area (Å²) < 4.78 is 13.2. The fraction of sp³-hybridized carbons (Fsp3) is 0.200. The molecule has 2 N–H and O–H groups in total. The summed E-state index contributed by atoms with van der Waals surface area (Å²) in [6.45, 7) is 4.50. The maximum atomic E-state index is 13.2. The molecule has 1 heterocycles. The lowest BCUT2D eigenvalue weighted by Gasteiger charge is -2.38. The first-order valence-electron chi connectivity index (χ1n) is 10.4. The van der Waals surface area contributed by atoms with Gasteiger partial charge in [0.05, 0.1) is 11.3 Å². The number of nitrogens with one attached hydrogen (secondary N) is 1. The highest BCUT2D eigenvalue weighted by atomic mass is 19.1. The molecule has 1 fully saturated rings. The van der Waals surface area contributed by atoms with Gasteiger partial charge in [0.15, 0.2) is 0 Å². The molecule has 1 saturated heterocycles. The highest BCUT2D eigenvalue weighted by molar-refractivity contribution is 6.06. The molecule has 1 amide bonds. The monoisotopic (exact) mass is 433 g/mol. The zero-order valence-corrected chi connectivity index (χ0v) is 17.7. The number of carbonyl (C=O) groups excluding carboxylic acids is 1. The number of hydrogen-bond acceptors (Lipinski definition) is 4. The van der Waals surface area contributed by atoms with Crippen LogP contribution >= 0.6 is 0 Å². The van der Waals surface area contributed by atoms with Crippen LogP contribution in [0.4, 0.5) is 21.5 Å². The summed E-state index contributed by atoms with van der Waals surface area (Å²) in [5, 5.41) is 12.6. The van der Waals surface area contributed by atoms with E-state index in [1.165, 1.54) is 18.2 Å². The molecule has 32 heavy (non-hydrogen) atoms. The van der Waals surface area contributed by atoms with E-state index in [-0.39, 0.29) is 17.3 Å². The van der Waals surface area contributed by atoms with Gasteiger partial charge in [0, 0.05) is 43.1 Å². The SMILES string of the molecule is Cc1ccccc1C(=O)Nc1ccc(N2CCN(c3ccc(F)cc3)CC2)c(C(=O)O)c1. The topological polar surface area (TPSA) is 72.9 Å². The Kier molecular flexibility index (Phi) is 6.07. The predicted molar refractivity (Wildman–Crippen MR) is 123 cm³/mol. The molecule has 1 aliphatic heterocycles. The molecule has 164 valence electrons. The maximum Gasteiger partial charge on any atom is 0.337 e. The fourth-order valence-corrected chi connectivity index (χ4v) is 3.94. The lowest BCUT2D eigenvalue weighted by atomic mass is 10.1. The van der Waals surface area contributed by atoms with E-state index >= 15 is 0 Å². The van der Waals surface area contributed by atoms with Gasteiger partial charge < -0.3 is 20.2 Å². The van der Waals surface area contributed by atoms with Gasteiger partial charge in [-0.3, -0.25) is 4.79 Å². The Labute approximate surface area is 185 Å². The number of benzene rings is 3. The van der Waals surface area contributed by atoms with E-state index in [1.54, 1.807) is 36.4 Å². The van der Waals surface area contributed by atoms with Crippen LogP contribution in [0, 0.1) is 12.7 Å². The van der Waals surface area contributed by atoms with Gasteiger partial charge in [-0.15, -0.1) is 0 Å². The number of hydrogen-bond donors (Lipinski definition) is 2. The molecule has 0 atom stereocenters. The highest BCUT2D eigenvalue weighted by Crippen LogP contribution is 2.27. The zero-order valence-electron chi connectivity index (χ0n) is 17.7. The number of nitrogens with zero attached hydrogens (tertiary/aromatic N) is 2. The van der Waals surface area contributed by atoms with Gasteiger partial charge in [0.25, 0.3) is 5.91 Å². The molecule has 0 bridgehead atoms. The van der Waals surface area contributed by atoms with Gasteiger partial charge in [-0.2, -0.15) is 0 Å². The quantitative estimate of drug-likeness (QED) is 0.624. The molecule has 0 unspecified atom stereocenters. The Morgan fingerprint density at radius 3 is 2.19 bits per heavy atom. The number of rotatable bonds is 5.